The fourth-order valence-electron chi connectivity index (χ4n) is 2.51. The highest BCUT2D eigenvalue weighted by atomic mass is 15.5. The predicted octanol–water partition coefficient (Wildman–Crippen LogP) is 1.76. The van der Waals surface area contributed by atoms with Gasteiger partial charge in [0.15, 0.2) is 17.0 Å². The first kappa shape index (κ1) is 17.9. The Morgan fingerprint density at radius 3 is 2.58 bits per heavy atom. The van der Waals surface area contributed by atoms with Crippen LogP contribution in [0.25, 0.3) is 11.2 Å². The van der Waals surface area contributed by atoms with E-state index in [1.165, 1.54) is 0 Å². The number of fused-ring (bicyclic) bond motifs is 1. The summed E-state index contributed by atoms with van der Waals surface area (Å²) in [5.41, 5.74) is 14.9. The molecule has 0 bridgehead atoms. The Morgan fingerprint density at radius 1 is 1.12 bits per heavy atom. The summed E-state index contributed by atoms with van der Waals surface area (Å²) in [4.78, 5) is 9.10. The second kappa shape index (κ2) is 7.52. The van der Waals surface area contributed by atoms with Crippen LogP contribution in [-0.2, 0) is 6.54 Å². The molecule has 1 aromatic carbocycles. The Balaban J connectivity index is 1.95. The lowest BCUT2D eigenvalue weighted by atomic mass is 10.2. The van der Waals surface area contributed by atoms with Gasteiger partial charge in [-0.1, -0.05) is 23.4 Å². The molecule has 0 fully saturated rings. The Bertz CT molecular complexity index is 885. The minimum absolute atomic E-state index is 0.0112. The summed E-state index contributed by atoms with van der Waals surface area (Å²) < 4.78 is 1.77. The molecule has 3 aromatic rings. The zero-order valence-electron chi connectivity index (χ0n) is 15.3. The summed E-state index contributed by atoms with van der Waals surface area (Å²) in [5.74, 6) is 1.10. The third kappa shape index (κ3) is 3.83. The van der Waals surface area contributed by atoms with Crippen LogP contribution in [0, 0.1) is 0 Å². The molecule has 0 saturated heterocycles. The number of hydrogen-bond donors (Lipinski definition) is 4. The van der Waals surface area contributed by atoms with Gasteiger partial charge >= 0.3 is 0 Å². The van der Waals surface area contributed by atoms with Gasteiger partial charge < -0.3 is 22.1 Å². The van der Waals surface area contributed by atoms with Gasteiger partial charge in [-0.25, -0.2) is 4.68 Å². The van der Waals surface area contributed by atoms with Crippen molar-refractivity contribution in [3.63, 3.8) is 0 Å². The third-order valence-electron chi connectivity index (χ3n) is 3.90. The van der Waals surface area contributed by atoms with Crippen molar-refractivity contribution in [2.75, 3.05) is 22.9 Å². The lowest BCUT2D eigenvalue weighted by molar-refractivity contribution is 0.526. The second-order valence-corrected chi connectivity index (χ2v) is 6.61. The Kier molecular flexibility index (Phi) is 5.17. The molecule has 0 aliphatic rings. The quantitative estimate of drug-likeness (QED) is 0.471. The van der Waals surface area contributed by atoms with Crippen molar-refractivity contribution in [1.82, 2.24) is 25.0 Å². The van der Waals surface area contributed by atoms with Gasteiger partial charge in [0.1, 0.15) is 0 Å². The van der Waals surface area contributed by atoms with E-state index in [-0.39, 0.29) is 12.1 Å². The van der Waals surface area contributed by atoms with Gasteiger partial charge in [0.25, 0.3) is 0 Å². The summed E-state index contributed by atoms with van der Waals surface area (Å²) in [5, 5.41) is 14.9. The van der Waals surface area contributed by atoms with Crippen LogP contribution in [0.15, 0.2) is 24.3 Å². The van der Waals surface area contributed by atoms with Gasteiger partial charge in [0.05, 0.1) is 6.04 Å². The first-order valence-electron chi connectivity index (χ1n) is 8.65. The monoisotopic (exact) mass is 355 g/mol. The van der Waals surface area contributed by atoms with Gasteiger partial charge in [-0.15, -0.1) is 5.10 Å². The molecular weight excluding hydrogens is 330 g/mol. The van der Waals surface area contributed by atoms with E-state index in [0.29, 0.717) is 36.0 Å². The first-order chi connectivity index (χ1) is 12.5. The average Bonchev–Trinajstić information content (AvgIpc) is 3.03. The fourth-order valence-corrected chi connectivity index (χ4v) is 2.51. The number of para-hydroxylation sites is 1. The van der Waals surface area contributed by atoms with Crippen LogP contribution in [0.3, 0.4) is 0 Å². The molecule has 0 spiro atoms. The fraction of sp³-hybridized carbons (Fsp3) is 0.412. The van der Waals surface area contributed by atoms with Crippen molar-refractivity contribution < 1.29 is 0 Å². The molecule has 138 valence electrons. The molecule has 0 saturated carbocycles. The molecule has 1 atom stereocenters. The molecule has 0 aliphatic heterocycles. The number of hydrogen-bond acceptors (Lipinski definition) is 8. The lowest BCUT2D eigenvalue weighted by Crippen LogP contribution is -2.26. The van der Waals surface area contributed by atoms with Crippen molar-refractivity contribution in [2.24, 2.45) is 5.73 Å². The highest BCUT2D eigenvalue weighted by Crippen LogP contribution is 2.23. The topological polar surface area (TPSA) is 133 Å². The number of nitrogens with one attached hydrogen (secondary N) is 2. The molecule has 9 nitrogen and oxygen atoms in total. The number of nitrogen functional groups attached to an aromatic ring is 1. The van der Waals surface area contributed by atoms with Crippen LogP contribution in [0.1, 0.15) is 32.4 Å². The van der Waals surface area contributed by atoms with E-state index >= 15 is 0 Å². The molecule has 26 heavy (non-hydrogen) atoms. The third-order valence-corrected chi connectivity index (χ3v) is 3.90. The maximum atomic E-state index is 6.02. The summed E-state index contributed by atoms with van der Waals surface area (Å²) in [6.07, 6.45) is 0. The number of nitrogens with two attached hydrogens (primary N) is 2. The molecule has 0 aliphatic carbocycles. The molecule has 3 rings (SSSR count). The van der Waals surface area contributed by atoms with E-state index in [0.717, 1.165) is 11.3 Å². The number of rotatable bonds is 7. The first-order valence-corrected chi connectivity index (χ1v) is 8.65. The molecule has 2 aromatic heterocycles. The van der Waals surface area contributed by atoms with E-state index in [1.807, 2.05) is 45.0 Å². The largest absolute Gasteiger partial charge is 0.398 e. The SMILES string of the molecule is CC(N)CNc1nc(NCc2ccccc2N)c2nnn(C(C)C)c2n1. The van der Waals surface area contributed by atoms with Crippen molar-refractivity contribution in [3.8, 4) is 0 Å². The summed E-state index contributed by atoms with van der Waals surface area (Å²) in [6, 6.07) is 7.83. The van der Waals surface area contributed by atoms with Crippen LogP contribution in [-0.4, -0.2) is 37.5 Å². The van der Waals surface area contributed by atoms with Gasteiger partial charge in [-0.3, -0.25) is 0 Å². The Morgan fingerprint density at radius 2 is 1.88 bits per heavy atom. The van der Waals surface area contributed by atoms with Crippen LogP contribution < -0.4 is 22.1 Å². The number of benzene rings is 1. The molecule has 9 heteroatoms. The minimum atomic E-state index is -0.0112. The van der Waals surface area contributed by atoms with Crippen LogP contribution in [0.5, 0.6) is 0 Å². The zero-order chi connectivity index (χ0) is 18.7. The molecule has 2 heterocycles. The summed E-state index contributed by atoms with van der Waals surface area (Å²) in [6.45, 7) is 7.08. The summed E-state index contributed by atoms with van der Waals surface area (Å²) in [7, 11) is 0. The van der Waals surface area contributed by atoms with Crippen LogP contribution in [0.4, 0.5) is 17.5 Å². The van der Waals surface area contributed by atoms with Crippen LogP contribution in [0.2, 0.25) is 0 Å². The van der Waals surface area contributed by atoms with E-state index in [9.17, 15) is 0 Å². The van der Waals surface area contributed by atoms with Gasteiger partial charge in [-0.05, 0) is 32.4 Å². The number of aromatic nitrogens is 5. The van der Waals surface area contributed by atoms with Crippen molar-refractivity contribution in [2.45, 2.75) is 39.4 Å². The highest BCUT2D eigenvalue weighted by molar-refractivity contribution is 5.83. The standard InChI is InChI=1S/C17H25N9/c1-10(2)26-16-14(24-25-26)15(22-17(23-16)21-8-11(3)18)20-9-12-6-4-5-7-13(12)19/h4-7,10-11H,8-9,18-19H2,1-3H3,(H2,20,21,22,23). The van der Waals surface area contributed by atoms with Crippen molar-refractivity contribution >= 4 is 28.6 Å². The maximum absolute atomic E-state index is 6.02. The van der Waals surface area contributed by atoms with Gasteiger partial charge in [0, 0.05) is 24.8 Å². The summed E-state index contributed by atoms with van der Waals surface area (Å²) >= 11 is 0. The highest BCUT2D eigenvalue weighted by Gasteiger charge is 2.16. The predicted molar refractivity (Wildman–Crippen MR) is 104 cm³/mol. The molecule has 0 radical (unpaired) electrons. The molecule has 6 N–H and O–H groups in total. The Hall–Kier alpha value is -2.94. The van der Waals surface area contributed by atoms with E-state index in [2.05, 4.69) is 30.9 Å². The maximum Gasteiger partial charge on any atom is 0.226 e. The van der Waals surface area contributed by atoms with E-state index in [4.69, 9.17) is 11.5 Å². The van der Waals surface area contributed by atoms with Gasteiger partial charge in [0.2, 0.25) is 5.95 Å². The zero-order valence-corrected chi connectivity index (χ0v) is 15.3. The van der Waals surface area contributed by atoms with Crippen molar-refractivity contribution in [1.29, 1.82) is 0 Å². The molecular formula is C17H25N9. The Labute approximate surface area is 152 Å². The average molecular weight is 355 g/mol. The smallest absolute Gasteiger partial charge is 0.226 e. The van der Waals surface area contributed by atoms with E-state index < -0.39 is 0 Å². The van der Waals surface area contributed by atoms with Crippen molar-refractivity contribution in [3.05, 3.63) is 29.8 Å². The van der Waals surface area contributed by atoms with Gasteiger partial charge in [-0.2, -0.15) is 9.97 Å². The minimum Gasteiger partial charge on any atom is -0.398 e. The second-order valence-electron chi connectivity index (χ2n) is 6.61. The van der Waals surface area contributed by atoms with E-state index in [1.54, 1.807) is 4.68 Å². The normalized spacial score (nSPS) is 12.5. The number of anilines is 3. The lowest BCUT2D eigenvalue weighted by Gasteiger charge is -2.12. The van der Waals surface area contributed by atoms with Crippen LogP contribution >= 0.6 is 0 Å². The number of nitrogens with zero attached hydrogens (tertiary/aromatic N) is 5. The molecule has 0 amide bonds. The molecule has 1 unspecified atom stereocenters.